The van der Waals surface area contributed by atoms with Gasteiger partial charge in [-0.25, -0.2) is 4.98 Å². The SMILES string of the molecule is Cc1nnc(N2CCN(Cc3cscn3)CC2)c(C#N)c1C. The molecule has 0 aliphatic carbocycles. The van der Waals surface area contributed by atoms with Crippen LogP contribution < -0.4 is 4.90 Å². The number of thiazole rings is 1. The average molecular weight is 314 g/mol. The van der Waals surface area contributed by atoms with Gasteiger partial charge in [-0.05, 0) is 19.4 Å². The Balaban J connectivity index is 1.69. The molecule has 0 spiro atoms. The minimum atomic E-state index is 0.653. The van der Waals surface area contributed by atoms with Crippen LogP contribution in [0.15, 0.2) is 10.9 Å². The van der Waals surface area contributed by atoms with E-state index in [9.17, 15) is 5.26 Å². The van der Waals surface area contributed by atoms with Gasteiger partial charge in [-0.2, -0.15) is 10.4 Å². The van der Waals surface area contributed by atoms with Crippen molar-refractivity contribution in [3.63, 3.8) is 0 Å². The Hall–Kier alpha value is -2.04. The van der Waals surface area contributed by atoms with Crippen molar-refractivity contribution in [3.8, 4) is 6.07 Å². The molecule has 3 heterocycles. The highest BCUT2D eigenvalue weighted by molar-refractivity contribution is 7.07. The Morgan fingerprint density at radius 3 is 2.64 bits per heavy atom. The molecule has 1 aliphatic rings. The van der Waals surface area contributed by atoms with Crippen LogP contribution in [0.4, 0.5) is 5.82 Å². The summed E-state index contributed by atoms with van der Waals surface area (Å²) in [5.74, 6) is 0.721. The lowest BCUT2D eigenvalue weighted by molar-refractivity contribution is 0.247. The van der Waals surface area contributed by atoms with Gasteiger partial charge in [0.25, 0.3) is 0 Å². The van der Waals surface area contributed by atoms with E-state index in [1.807, 2.05) is 19.4 Å². The molecule has 0 saturated carbocycles. The molecule has 0 N–H and O–H groups in total. The Bertz CT molecular complexity index is 683. The number of hydrogen-bond donors (Lipinski definition) is 0. The van der Waals surface area contributed by atoms with Gasteiger partial charge in [0.05, 0.1) is 16.9 Å². The van der Waals surface area contributed by atoms with Crippen LogP contribution in [0.2, 0.25) is 0 Å². The molecule has 22 heavy (non-hydrogen) atoms. The van der Waals surface area contributed by atoms with E-state index >= 15 is 0 Å². The second kappa shape index (κ2) is 6.38. The first-order valence-electron chi connectivity index (χ1n) is 7.27. The van der Waals surface area contributed by atoms with E-state index in [4.69, 9.17) is 0 Å². The third kappa shape index (κ3) is 2.93. The van der Waals surface area contributed by atoms with Gasteiger partial charge in [-0.1, -0.05) is 0 Å². The van der Waals surface area contributed by atoms with Crippen LogP contribution in [0.5, 0.6) is 0 Å². The molecule has 0 unspecified atom stereocenters. The summed E-state index contributed by atoms with van der Waals surface area (Å²) < 4.78 is 0. The van der Waals surface area contributed by atoms with E-state index in [0.717, 1.165) is 55.5 Å². The van der Waals surface area contributed by atoms with Gasteiger partial charge in [0, 0.05) is 38.1 Å². The molecular formula is C15H18N6S. The highest BCUT2D eigenvalue weighted by atomic mass is 32.1. The summed E-state index contributed by atoms with van der Waals surface area (Å²) in [5.41, 5.74) is 5.40. The zero-order chi connectivity index (χ0) is 15.5. The minimum absolute atomic E-state index is 0.653. The second-order valence-electron chi connectivity index (χ2n) is 5.46. The summed E-state index contributed by atoms with van der Waals surface area (Å²) in [6, 6.07) is 2.28. The Labute approximate surface area is 134 Å². The normalized spacial score (nSPS) is 15.8. The fraction of sp³-hybridized carbons (Fsp3) is 0.467. The first-order valence-corrected chi connectivity index (χ1v) is 8.21. The smallest absolute Gasteiger partial charge is 0.169 e. The number of nitrogens with zero attached hydrogens (tertiary/aromatic N) is 6. The number of anilines is 1. The van der Waals surface area contributed by atoms with E-state index in [1.54, 1.807) is 11.3 Å². The van der Waals surface area contributed by atoms with Gasteiger partial charge in [-0.3, -0.25) is 4.90 Å². The summed E-state index contributed by atoms with van der Waals surface area (Å²) in [6.45, 7) is 8.31. The predicted molar refractivity (Wildman–Crippen MR) is 85.8 cm³/mol. The lowest BCUT2D eigenvalue weighted by Crippen LogP contribution is -2.46. The lowest BCUT2D eigenvalue weighted by Gasteiger charge is -2.35. The molecule has 0 bridgehead atoms. The molecule has 2 aromatic rings. The molecule has 0 radical (unpaired) electrons. The van der Waals surface area contributed by atoms with Crippen LogP contribution in [-0.4, -0.2) is 46.3 Å². The zero-order valence-corrected chi connectivity index (χ0v) is 13.6. The number of aromatic nitrogens is 3. The monoisotopic (exact) mass is 314 g/mol. The van der Waals surface area contributed by atoms with Crippen molar-refractivity contribution in [1.82, 2.24) is 20.1 Å². The number of rotatable bonds is 3. The van der Waals surface area contributed by atoms with Gasteiger partial charge in [0.15, 0.2) is 5.82 Å². The van der Waals surface area contributed by atoms with Crippen LogP contribution in [0.25, 0.3) is 0 Å². The van der Waals surface area contributed by atoms with Crippen molar-refractivity contribution in [2.24, 2.45) is 0 Å². The standard InChI is InChI=1S/C15H18N6S/c1-11-12(2)18-19-15(14(11)7-16)21-5-3-20(4-6-21)8-13-9-22-10-17-13/h9-10H,3-6,8H2,1-2H3. The maximum absolute atomic E-state index is 9.42. The van der Waals surface area contributed by atoms with Crippen LogP contribution in [0, 0.1) is 25.2 Å². The maximum atomic E-state index is 9.42. The van der Waals surface area contributed by atoms with Crippen molar-refractivity contribution in [2.75, 3.05) is 31.1 Å². The van der Waals surface area contributed by atoms with Crippen molar-refractivity contribution >= 4 is 17.2 Å². The molecule has 0 atom stereocenters. The Morgan fingerprint density at radius 1 is 1.23 bits per heavy atom. The third-order valence-corrected chi connectivity index (χ3v) is 4.72. The van der Waals surface area contributed by atoms with Crippen LogP contribution >= 0.6 is 11.3 Å². The summed E-state index contributed by atoms with van der Waals surface area (Å²) in [6.07, 6.45) is 0. The van der Waals surface area contributed by atoms with Crippen molar-refractivity contribution < 1.29 is 0 Å². The van der Waals surface area contributed by atoms with Crippen LogP contribution in [0.1, 0.15) is 22.5 Å². The topological polar surface area (TPSA) is 68.9 Å². The van der Waals surface area contributed by atoms with E-state index < -0.39 is 0 Å². The van der Waals surface area contributed by atoms with E-state index in [1.165, 1.54) is 0 Å². The maximum Gasteiger partial charge on any atom is 0.169 e. The van der Waals surface area contributed by atoms with Gasteiger partial charge in [0.1, 0.15) is 11.6 Å². The number of piperazine rings is 1. The summed E-state index contributed by atoms with van der Waals surface area (Å²) >= 11 is 1.63. The van der Waals surface area contributed by atoms with Gasteiger partial charge >= 0.3 is 0 Å². The van der Waals surface area contributed by atoms with Gasteiger partial charge < -0.3 is 4.90 Å². The number of hydrogen-bond acceptors (Lipinski definition) is 7. The van der Waals surface area contributed by atoms with Crippen LogP contribution in [0.3, 0.4) is 0 Å². The first-order chi connectivity index (χ1) is 10.7. The first kappa shape index (κ1) is 14.9. The number of nitriles is 1. The van der Waals surface area contributed by atoms with Crippen molar-refractivity contribution in [2.45, 2.75) is 20.4 Å². The zero-order valence-electron chi connectivity index (χ0n) is 12.8. The third-order valence-electron chi connectivity index (χ3n) is 4.09. The Morgan fingerprint density at radius 2 is 2.00 bits per heavy atom. The molecule has 2 aromatic heterocycles. The molecule has 7 heteroatoms. The van der Waals surface area contributed by atoms with E-state index in [2.05, 4.69) is 36.4 Å². The van der Waals surface area contributed by atoms with E-state index in [0.29, 0.717) is 5.56 Å². The minimum Gasteiger partial charge on any atom is -0.351 e. The van der Waals surface area contributed by atoms with Crippen molar-refractivity contribution in [1.29, 1.82) is 5.26 Å². The van der Waals surface area contributed by atoms with Crippen LogP contribution in [-0.2, 0) is 6.54 Å². The second-order valence-corrected chi connectivity index (χ2v) is 6.18. The quantitative estimate of drug-likeness (QED) is 0.859. The molecule has 0 amide bonds. The lowest BCUT2D eigenvalue weighted by atomic mass is 10.1. The highest BCUT2D eigenvalue weighted by Gasteiger charge is 2.22. The predicted octanol–water partition coefficient (Wildman–Crippen LogP) is 1.74. The molecule has 0 aromatic carbocycles. The van der Waals surface area contributed by atoms with Gasteiger partial charge in [-0.15, -0.1) is 16.4 Å². The fourth-order valence-electron chi connectivity index (χ4n) is 2.61. The molecule has 1 saturated heterocycles. The summed E-state index contributed by atoms with van der Waals surface area (Å²) in [4.78, 5) is 8.88. The molecule has 1 fully saturated rings. The molecular weight excluding hydrogens is 296 g/mol. The molecule has 114 valence electrons. The fourth-order valence-corrected chi connectivity index (χ4v) is 3.16. The largest absolute Gasteiger partial charge is 0.351 e. The number of aryl methyl sites for hydroxylation is 1. The summed E-state index contributed by atoms with van der Waals surface area (Å²) in [7, 11) is 0. The highest BCUT2D eigenvalue weighted by Crippen LogP contribution is 2.22. The molecule has 1 aliphatic heterocycles. The van der Waals surface area contributed by atoms with E-state index in [-0.39, 0.29) is 0 Å². The molecule has 3 rings (SSSR count). The average Bonchev–Trinajstić information content (AvgIpc) is 3.04. The van der Waals surface area contributed by atoms with Crippen molar-refractivity contribution in [3.05, 3.63) is 33.4 Å². The summed E-state index contributed by atoms with van der Waals surface area (Å²) in [5, 5.41) is 19.9. The molecule has 6 nitrogen and oxygen atoms in total. The van der Waals surface area contributed by atoms with Gasteiger partial charge in [0.2, 0.25) is 0 Å². The Kier molecular flexibility index (Phi) is 4.32.